The summed E-state index contributed by atoms with van der Waals surface area (Å²) in [5, 5.41) is 0.387. The molecule has 0 atom stereocenters. The van der Waals surface area contributed by atoms with E-state index in [0.717, 1.165) is 25.7 Å². The molecule has 3 aromatic rings. The van der Waals surface area contributed by atoms with E-state index >= 15 is 0 Å². The highest BCUT2D eigenvalue weighted by Gasteiger charge is 2.22. The standard InChI is InChI=1S/C21H21FN2O3S2/c1-27-11-13-18-14(22)7-5-9-16(18)29-19(13)21(26)24-23-20(25)17-10-12-6-3-2-4-8-15(12)28-17/h5,7,9-10H,2-4,6,8,11H2,1H3,(H,23,25)(H,24,26). The van der Waals surface area contributed by atoms with Gasteiger partial charge >= 0.3 is 0 Å². The molecule has 2 aromatic heterocycles. The molecule has 0 spiro atoms. The van der Waals surface area contributed by atoms with Crippen LogP contribution in [-0.4, -0.2) is 18.9 Å². The number of halogens is 1. The van der Waals surface area contributed by atoms with E-state index in [1.54, 1.807) is 12.1 Å². The van der Waals surface area contributed by atoms with Gasteiger partial charge in [-0.1, -0.05) is 12.5 Å². The Hall–Kier alpha value is -2.29. The van der Waals surface area contributed by atoms with Crippen LogP contribution in [0.5, 0.6) is 0 Å². The van der Waals surface area contributed by atoms with Crippen molar-refractivity contribution >= 4 is 44.6 Å². The number of rotatable bonds is 4. The van der Waals surface area contributed by atoms with Gasteiger partial charge in [0.2, 0.25) is 0 Å². The van der Waals surface area contributed by atoms with Crippen molar-refractivity contribution in [2.24, 2.45) is 0 Å². The average Bonchev–Trinajstić information content (AvgIpc) is 3.22. The number of ether oxygens (including phenoxy) is 1. The summed E-state index contributed by atoms with van der Waals surface area (Å²) in [5.41, 5.74) is 6.69. The molecule has 1 aliphatic carbocycles. The summed E-state index contributed by atoms with van der Waals surface area (Å²) >= 11 is 2.67. The van der Waals surface area contributed by atoms with E-state index in [2.05, 4.69) is 10.9 Å². The number of hydrogen-bond acceptors (Lipinski definition) is 5. The molecule has 152 valence electrons. The van der Waals surface area contributed by atoms with E-state index in [1.807, 2.05) is 6.07 Å². The van der Waals surface area contributed by atoms with Gasteiger partial charge in [-0.2, -0.15) is 0 Å². The predicted molar refractivity (Wildman–Crippen MR) is 113 cm³/mol. The third-order valence-electron chi connectivity index (χ3n) is 5.02. The summed E-state index contributed by atoms with van der Waals surface area (Å²) in [7, 11) is 1.49. The molecular formula is C21H21FN2O3S2. The molecule has 5 nitrogen and oxygen atoms in total. The second-order valence-corrected chi connectivity index (χ2v) is 9.17. The van der Waals surface area contributed by atoms with E-state index in [9.17, 15) is 14.0 Å². The molecule has 0 aliphatic heterocycles. The quantitative estimate of drug-likeness (QED) is 0.468. The Morgan fingerprint density at radius 3 is 2.72 bits per heavy atom. The van der Waals surface area contributed by atoms with E-state index in [1.165, 1.54) is 52.7 Å². The van der Waals surface area contributed by atoms with Crippen LogP contribution in [0.15, 0.2) is 24.3 Å². The first-order valence-electron chi connectivity index (χ1n) is 9.49. The van der Waals surface area contributed by atoms with Gasteiger partial charge < -0.3 is 4.74 Å². The number of methoxy groups -OCH3 is 1. The van der Waals surface area contributed by atoms with Crippen molar-refractivity contribution in [2.45, 2.75) is 38.7 Å². The molecule has 1 aromatic carbocycles. The first-order valence-corrected chi connectivity index (χ1v) is 11.1. The number of hydrogen-bond donors (Lipinski definition) is 2. The maximum absolute atomic E-state index is 14.3. The molecule has 0 bridgehead atoms. The zero-order valence-corrected chi connectivity index (χ0v) is 17.6. The molecule has 0 unspecified atom stereocenters. The van der Waals surface area contributed by atoms with Crippen LogP contribution in [-0.2, 0) is 24.2 Å². The number of benzene rings is 1. The van der Waals surface area contributed by atoms with Gasteiger partial charge in [0.05, 0.1) is 11.5 Å². The van der Waals surface area contributed by atoms with Crippen molar-refractivity contribution in [3.63, 3.8) is 0 Å². The summed E-state index contributed by atoms with van der Waals surface area (Å²) in [6, 6.07) is 6.65. The second kappa shape index (κ2) is 8.61. The van der Waals surface area contributed by atoms with E-state index < -0.39 is 11.7 Å². The number of carbonyl (C=O) groups excluding carboxylic acids is 2. The van der Waals surface area contributed by atoms with Gasteiger partial charge in [0.15, 0.2) is 0 Å². The number of thiophene rings is 2. The maximum atomic E-state index is 14.3. The Bertz CT molecular complexity index is 1050. The lowest BCUT2D eigenvalue weighted by Gasteiger charge is -2.07. The van der Waals surface area contributed by atoms with Crippen LogP contribution >= 0.6 is 22.7 Å². The van der Waals surface area contributed by atoms with Crippen molar-refractivity contribution in [3.05, 3.63) is 55.8 Å². The van der Waals surface area contributed by atoms with Crippen molar-refractivity contribution in [1.82, 2.24) is 10.9 Å². The second-order valence-electron chi connectivity index (χ2n) is 6.98. The Kier molecular flexibility index (Phi) is 5.94. The minimum atomic E-state index is -0.482. The molecule has 0 radical (unpaired) electrons. The Morgan fingerprint density at radius 1 is 1.10 bits per heavy atom. The smallest absolute Gasteiger partial charge is 0.280 e. The number of amides is 2. The molecule has 8 heteroatoms. The van der Waals surface area contributed by atoms with Gasteiger partial charge in [-0.3, -0.25) is 20.4 Å². The topological polar surface area (TPSA) is 67.4 Å². The lowest BCUT2D eigenvalue weighted by atomic mass is 10.1. The number of aryl methyl sites for hydroxylation is 2. The van der Waals surface area contributed by atoms with Crippen LogP contribution in [0, 0.1) is 5.82 Å². The number of carbonyl (C=O) groups is 2. The minimum Gasteiger partial charge on any atom is -0.380 e. The van der Waals surface area contributed by atoms with Crippen LogP contribution in [0.4, 0.5) is 4.39 Å². The minimum absolute atomic E-state index is 0.106. The van der Waals surface area contributed by atoms with E-state index in [-0.39, 0.29) is 12.5 Å². The predicted octanol–water partition coefficient (Wildman–Crippen LogP) is 4.59. The molecule has 1 aliphatic rings. The molecule has 29 heavy (non-hydrogen) atoms. The van der Waals surface area contributed by atoms with Crippen LogP contribution < -0.4 is 10.9 Å². The Morgan fingerprint density at radius 2 is 1.90 bits per heavy atom. The first kappa shape index (κ1) is 20.0. The fourth-order valence-electron chi connectivity index (χ4n) is 3.64. The van der Waals surface area contributed by atoms with Crippen molar-refractivity contribution in [3.8, 4) is 0 Å². The van der Waals surface area contributed by atoms with Gasteiger partial charge in [-0.25, -0.2) is 4.39 Å². The number of fused-ring (bicyclic) bond motifs is 2. The zero-order valence-electron chi connectivity index (χ0n) is 16.0. The molecule has 0 saturated carbocycles. The van der Waals surface area contributed by atoms with Crippen molar-refractivity contribution in [1.29, 1.82) is 0 Å². The molecule has 2 heterocycles. The number of hydrazine groups is 1. The SMILES string of the molecule is COCc1c(C(=O)NNC(=O)c2cc3c(s2)CCCCC3)sc2cccc(F)c12. The highest BCUT2D eigenvalue weighted by Crippen LogP contribution is 2.34. The van der Waals surface area contributed by atoms with Crippen LogP contribution in [0.2, 0.25) is 0 Å². The molecule has 4 rings (SSSR count). The van der Waals surface area contributed by atoms with Crippen LogP contribution in [0.3, 0.4) is 0 Å². The Balaban J connectivity index is 1.51. The fourth-order valence-corrected chi connectivity index (χ4v) is 5.91. The van der Waals surface area contributed by atoms with Gasteiger partial charge in [0.1, 0.15) is 10.7 Å². The summed E-state index contributed by atoms with van der Waals surface area (Å²) in [6.45, 7) is 0.106. The first-order chi connectivity index (χ1) is 14.1. The average molecular weight is 433 g/mol. The van der Waals surface area contributed by atoms with Crippen molar-refractivity contribution < 1.29 is 18.7 Å². The van der Waals surface area contributed by atoms with E-state index in [0.29, 0.717) is 25.4 Å². The van der Waals surface area contributed by atoms with Gasteiger partial charge in [-0.15, -0.1) is 22.7 Å². The molecule has 2 amide bonds. The summed E-state index contributed by atoms with van der Waals surface area (Å²) in [4.78, 5) is 27.4. The summed E-state index contributed by atoms with van der Waals surface area (Å²) in [5.74, 6) is -1.21. The zero-order chi connectivity index (χ0) is 20.4. The third kappa shape index (κ3) is 4.05. The molecule has 2 N–H and O–H groups in total. The Labute approximate surface area is 175 Å². The van der Waals surface area contributed by atoms with E-state index in [4.69, 9.17) is 4.74 Å². The van der Waals surface area contributed by atoms with Crippen LogP contribution in [0.1, 0.15) is 54.6 Å². The lowest BCUT2D eigenvalue weighted by molar-refractivity contribution is 0.0849. The van der Waals surface area contributed by atoms with Gasteiger partial charge in [-0.05, 0) is 49.4 Å². The van der Waals surface area contributed by atoms with Gasteiger partial charge in [0, 0.05) is 27.6 Å². The molecular weight excluding hydrogens is 411 g/mol. The summed E-state index contributed by atoms with van der Waals surface area (Å²) < 4.78 is 20.1. The largest absolute Gasteiger partial charge is 0.380 e. The molecule has 0 fully saturated rings. The highest BCUT2D eigenvalue weighted by molar-refractivity contribution is 7.21. The normalized spacial score (nSPS) is 13.7. The maximum Gasteiger partial charge on any atom is 0.280 e. The third-order valence-corrected chi connectivity index (χ3v) is 7.45. The fraction of sp³-hybridized carbons (Fsp3) is 0.333. The lowest BCUT2D eigenvalue weighted by Crippen LogP contribution is -2.41. The molecule has 0 saturated heterocycles. The van der Waals surface area contributed by atoms with Gasteiger partial charge in [0.25, 0.3) is 11.8 Å². The monoisotopic (exact) mass is 432 g/mol. The number of nitrogens with one attached hydrogen (secondary N) is 2. The van der Waals surface area contributed by atoms with Crippen LogP contribution in [0.25, 0.3) is 10.1 Å². The van der Waals surface area contributed by atoms with Crippen molar-refractivity contribution in [2.75, 3.05) is 7.11 Å². The highest BCUT2D eigenvalue weighted by atomic mass is 32.1. The summed E-state index contributed by atoms with van der Waals surface area (Å²) in [6.07, 6.45) is 5.52.